The fraction of sp³-hybridized carbons (Fsp3) is 0.533. The highest BCUT2D eigenvalue weighted by molar-refractivity contribution is 9.10. The van der Waals surface area contributed by atoms with Crippen molar-refractivity contribution in [3.05, 3.63) is 56.8 Å². The van der Waals surface area contributed by atoms with E-state index < -0.39 is 0 Å². The van der Waals surface area contributed by atoms with Crippen LogP contribution in [0.1, 0.15) is 68.9 Å². The lowest BCUT2D eigenvalue weighted by Gasteiger charge is -2.35. The monoisotopic (exact) mass is 561 g/mol. The minimum Gasteiger partial charge on any atom is -0.317 e. The number of aromatic nitrogens is 3. The van der Waals surface area contributed by atoms with Crippen LogP contribution in [-0.2, 0) is 0 Å². The van der Waals surface area contributed by atoms with Crippen LogP contribution in [0.15, 0.2) is 45.7 Å². The molecule has 0 radical (unpaired) electrons. The van der Waals surface area contributed by atoms with Crippen LogP contribution < -0.4 is 10.9 Å². The average Bonchev–Trinajstić information content (AvgIpc) is 3.55. The van der Waals surface area contributed by atoms with Crippen LogP contribution in [-0.4, -0.2) is 51.6 Å². The first-order chi connectivity index (χ1) is 18.2. The van der Waals surface area contributed by atoms with Crippen molar-refractivity contribution in [1.29, 1.82) is 0 Å². The molecule has 2 aliphatic heterocycles. The summed E-state index contributed by atoms with van der Waals surface area (Å²) in [5.74, 6) is 2.26. The van der Waals surface area contributed by atoms with E-state index >= 15 is 0 Å². The number of piperidine rings is 2. The second kappa shape index (κ2) is 9.83. The fourth-order valence-corrected chi connectivity index (χ4v) is 7.82. The summed E-state index contributed by atoms with van der Waals surface area (Å²) in [5.41, 5.74) is 4.63. The van der Waals surface area contributed by atoms with E-state index in [-0.39, 0.29) is 5.56 Å². The Labute approximate surface area is 226 Å². The number of halogens is 1. The molecule has 0 amide bonds. The molecule has 1 aliphatic carbocycles. The number of benzene rings is 2. The predicted molar refractivity (Wildman–Crippen MR) is 154 cm³/mol. The first-order valence-electron chi connectivity index (χ1n) is 14.3. The van der Waals surface area contributed by atoms with Gasteiger partial charge in [0.1, 0.15) is 0 Å². The molecule has 2 saturated heterocycles. The third-order valence-electron chi connectivity index (χ3n) is 9.29. The number of likely N-dealkylation sites (tertiary alicyclic amines) is 1. The maximum Gasteiger partial charge on any atom is 0.283 e. The van der Waals surface area contributed by atoms with Crippen molar-refractivity contribution in [3.63, 3.8) is 0 Å². The summed E-state index contributed by atoms with van der Waals surface area (Å²) in [4.78, 5) is 20.6. The predicted octanol–water partition coefficient (Wildman–Crippen LogP) is 5.86. The van der Waals surface area contributed by atoms with Gasteiger partial charge in [-0.2, -0.15) is 4.98 Å². The molecule has 6 nitrogen and oxygen atoms in total. The highest BCUT2D eigenvalue weighted by Crippen LogP contribution is 2.38. The van der Waals surface area contributed by atoms with E-state index in [2.05, 4.69) is 64.4 Å². The highest BCUT2D eigenvalue weighted by Gasteiger charge is 2.27. The molecule has 2 aromatic heterocycles. The molecule has 0 spiro atoms. The van der Waals surface area contributed by atoms with Crippen molar-refractivity contribution < 1.29 is 0 Å². The van der Waals surface area contributed by atoms with Crippen molar-refractivity contribution in [1.82, 2.24) is 24.2 Å². The van der Waals surface area contributed by atoms with E-state index in [4.69, 9.17) is 0 Å². The molecule has 3 aliphatic rings. The zero-order valence-electron chi connectivity index (χ0n) is 21.5. The van der Waals surface area contributed by atoms with Gasteiger partial charge in [-0.25, -0.2) is 0 Å². The van der Waals surface area contributed by atoms with Gasteiger partial charge in [0.05, 0.1) is 21.9 Å². The van der Waals surface area contributed by atoms with E-state index in [9.17, 15) is 4.79 Å². The zero-order chi connectivity index (χ0) is 24.9. The molecular formula is C30H36BrN5O. The van der Waals surface area contributed by atoms with Gasteiger partial charge in [-0.05, 0) is 122 Å². The van der Waals surface area contributed by atoms with Crippen LogP contribution >= 0.6 is 15.9 Å². The second-order valence-electron chi connectivity index (χ2n) is 11.5. The number of hydrogen-bond donors (Lipinski definition) is 1. The molecule has 7 rings (SSSR count). The van der Waals surface area contributed by atoms with E-state index in [1.165, 1.54) is 82.3 Å². The third-order valence-corrected chi connectivity index (χ3v) is 9.95. The highest BCUT2D eigenvalue weighted by atomic mass is 79.9. The van der Waals surface area contributed by atoms with E-state index in [0.717, 1.165) is 40.0 Å². The number of nitrogens with zero attached hydrogens (tertiary/aromatic N) is 4. The second-order valence-corrected chi connectivity index (χ2v) is 12.4. The molecule has 0 atom stereocenters. The van der Waals surface area contributed by atoms with E-state index in [1.54, 1.807) is 0 Å². The summed E-state index contributed by atoms with van der Waals surface area (Å²) < 4.78 is 5.44. The van der Waals surface area contributed by atoms with Gasteiger partial charge in [-0.15, -0.1) is 0 Å². The van der Waals surface area contributed by atoms with Crippen LogP contribution in [0.4, 0.5) is 0 Å². The van der Waals surface area contributed by atoms with Crippen molar-refractivity contribution >= 4 is 43.6 Å². The quantitative estimate of drug-likeness (QED) is 0.339. The van der Waals surface area contributed by atoms with Gasteiger partial charge in [0.15, 0.2) is 0 Å². The molecule has 4 aromatic rings. The van der Waals surface area contributed by atoms with E-state index in [0.29, 0.717) is 17.3 Å². The third kappa shape index (κ3) is 4.23. The smallest absolute Gasteiger partial charge is 0.283 e. The van der Waals surface area contributed by atoms with Gasteiger partial charge in [0.25, 0.3) is 5.56 Å². The van der Waals surface area contributed by atoms with Gasteiger partial charge in [-0.1, -0.05) is 25.0 Å². The standard InChI is InChI=1S/C30H36BrN5O/c31-24-6-3-7-26-28(24)29(37)33-30-35(23-4-1-2-5-23)27-18-22(8-9-25(27)36(26)30)21-12-16-34(17-13-21)19-20-10-14-32-15-11-20/h3,6-9,18,20-21,23,32H,1-2,4-5,10-17,19H2. The molecule has 2 aromatic carbocycles. The summed E-state index contributed by atoms with van der Waals surface area (Å²) in [6.45, 7) is 6.04. The molecule has 37 heavy (non-hydrogen) atoms. The lowest BCUT2D eigenvalue weighted by Crippen LogP contribution is -2.39. The van der Waals surface area contributed by atoms with Gasteiger partial charge in [0.2, 0.25) is 5.78 Å². The van der Waals surface area contributed by atoms with Crippen molar-refractivity contribution in [3.8, 4) is 0 Å². The summed E-state index contributed by atoms with van der Waals surface area (Å²) in [7, 11) is 0. The molecule has 194 valence electrons. The molecule has 0 unspecified atom stereocenters. The molecule has 7 heteroatoms. The summed E-state index contributed by atoms with van der Waals surface area (Å²) in [6.07, 6.45) is 9.91. The topological polar surface area (TPSA) is 54.6 Å². The van der Waals surface area contributed by atoms with Crippen molar-refractivity contribution in [2.75, 3.05) is 32.7 Å². The number of imidazole rings is 1. The molecule has 0 bridgehead atoms. The largest absolute Gasteiger partial charge is 0.317 e. The maximum absolute atomic E-state index is 13.2. The fourth-order valence-electron chi connectivity index (χ4n) is 7.30. The van der Waals surface area contributed by atoms with Crippen LogP contribution in [0.3, 0.4) is 0 Å². The van der Waals surface area contributed by atoms with Crippen molar-refractivity contribution in [2.24, 2.45) is 5.92 Å². The van der Waals surface area contributed by atoms with Crippen molar-refractivity contribution in [2.45, 2.75) is 63.3 Å². The Morgan fingerprint density at radius 2 is 1.70 bits per heavy atom. The SMILES string of the molecule is O=c1nc2n(C3CCCC3)c3cc(C4CCN(CC5CCNCC5)CC4)ccc3n2c2cccc(Br)c12. The number of fused-ring (bicyclic) bond motifs is 5. The summed E-state index contributed by atoms with van der Waals surface area (Å²) in [6, 6.07) is 13.5. The van der Waals surface area contributed by atoms with Crippen LogP contribution in [0, 0.1) is 5.92 Å². The van der Waals surface area contributed by atoms with Gasteiger partial charge < -0.3 is 14.8 Å². The average molecular weight is 563 g/mol. The molecule has 1 N–H and O–H groups in total. The van der Waals surface area contributed by atoms with Crippen LogP contribution in [0.25, 0.3) is 27.7 Å². The van der Waals surface area contributed by atoms with Crippen LogP contribution in [0.2, 0.25) is 0 Å². The minimum absolute atomic E-state index is 0.147. The summed E-state index contributed by atoms with van der Waals surface area (Å²) in [5, 5.41) is 4.16. The first kappa shape index (κ1) is 23.9. The Balaban J connectivity index is 1.27. The number of hydrogen-bond acceptors (Lipinski definition) is 4. The normalized spacial score (nSPS) is 21.1. The zero-order valence-corrected chi connectivity index (χ0v) is 23.0. The number of nitrogens with one attached hydrogen (secondary N) is 1. The summed E-state index contributed by atoms with van der Waals surface area (Å²) >= 11 is 3.60. The lowest BCUT2D eigenvalue weighted by molar-refractivity contribution is 0.167. The molecule has 1 saturated carbocycles. The molecular weight excluding hydrogens is 526 g/mol. The Bertz CT molecular complexity index is 1500. The van der Waals surface area contributed by atoms with Crippen LogP contribution in [0.5, 0.6) is 0 Å². The maximum atomic E-state index is 13.2. The minimum atomic E-state index is -0.147. The first-order valence-corrected chi connectivity index (χ1v) is 15.0. The van der Waals surface area contributed by atoms with Gasteiger partial charge >= 0.3 is 0 Å². The Hall–Kier alpha value is -2.22. The van der Waals surface area contributed by atoms with Gasteiger partial charge in [-0.3, -0.25) is 9.20 Å². The Morgan fingerprint density at radius 3 is 2.49 bits per heavy atom. The number of rotatable bonds is 4. The molecule has 3 fully saturated rings. The molecule has 4 heterocycles. The van der Waals surface area contributed by atoms with Gasteiger partial charge in [0, 0.05) is 17.1 Å². The Kier molecular flexibility index (Phi) is 6.34. The Morgan fingerprint density at radius 1 is 0.919 bits per heavy atom. The lowest BCUT2D eigenvalue weighted by atomic mass is 9.88. The van der Waals surface area contributed by atoms with E-state index in [1.807, 2.05) is 12.1 Å².